The molecule has 1 fully saturated rings. The summed E-state index contributed by atoms with van der Waals surface area (Å²) in [6.45, 7) is 1.72. The smallest absolute Gasteiger partial charge is 0.349 e. The third-order valence-electron chi connectivity index (χ3n) is 3.93. The van der Waals surface area contributed by atoms with Gasteiger partial charge in [-0.05, 0) is 50.2 Å². The first-order chi connectivity index (χ1) is 11.4. The van der Waals surface area contributed by atoms with Gasteiger partial charge in [-0.1, -0.05) is 6.07 Å². The maximum Gasteiger partial charge on any atom is 0.435 e. The molecule has 25 heavy (non-hydrogen) atoms. The number of amides is 1. The number of hydrogen-bond donors (Lipinski definition) is 2. The van der Waals surface area contributed by atoms with E-state index in [1.54, 1.807) is 18.2 Å². The van der Waals surface area contributed by atoms with Crippen molar-refractivity contribution in [3.63, 3.8) is 0 Å². The number of nitrogens with zero attached hydrogens (tertiary/aromatic N) is 2. The number of aromatic nitrogens is 2. The molecule has 1 aromatic heterocycles. The lowest BCUT2D eigenvalue weighted by molar-refractivity contribution is -0.141. The minimum Gasteiger partial charge on any atom is -0.349 e. The Morgan fingerprint density at radius 2 is 1.96 bits per heavy atom. The number of carbonyl (C=O) groups is 1. The van der Waals surface area contributed by atoms with E-state index < -0.39 is 11.9 Å². The minimum absolute atomic E-state index is 0. The Morgan fingerprint density at radius 3 is 2.60 bits per heavy atom. The molecular weight excluding hydrogens is 357 g/mol. The van der Waals surface area contributed by atoms with Gasteiger partial charge >= 0.3 is 6.18 Å². The maximum atomic E-state index is 12.6. The molecule has 0 atom stereocenters. The van der Waals surface area contributed by atoms with Gasteiger partial charge in [-0.3, -0.25) is 4.79 Å². The third-order valence-corrected chi connectivity index (χ3v) is 3.93. The Hall–Kier alpha value is -2.06. The predicted octanol–water partition coefficient (Wildman–Crippen LogP) is 2.79. The summed E-state index contributed by atoms with van der Waals surface area (Å²) >= 11 is 0. The van der Waals surface area contributed by atoms with Crippen molar-refractivity contribution in [2.45, 2.75) is 25.1 Å². The van der Waals surface area contributed by atoms with Gasteiger partial charge in [0.25, 0.3) is 5.91 Å². The molecule has 2 N–H and O–H groups in total. The van der Waals surface area contributed by atoms with Crippen LogP contribution in [-0.2, 0) is 6.18 Å². The Balaban J connectivity index is 0.00000225. The monoisotopic (exact) mass is 374 g/mol. The number of carbonyl (C=O) groups excluding carboxylic acids is 1. The van der Waals surface area contributed by atoms with Crippen LogP contribution >= 0.6 is 12.4 Å². The van der Waals surface area contributed by atoms with E-state index in [1.165, 1.54) is 12.3 Å². The van der Waals surface area contributed by atoms with Crippen molar-refractivity contribution >= 4 is 18.3 Å². The third kappa shape index (κ3) is 4.73. The van der Waals surface area contributed by atoms with Crippen LogP contribution in [0.15, 0.2) is 36.5 Å². The molecule has 2 aromatic rings. The van der Waals surface area contributed by atoms with Crippen molar-refractivity contribution in [3.05, 3.63) is 47.8 Å². The van der Waals surface area contributed by atoms with Gasteiger partial charge in [-0.2, -0.15) is 18.3 Å². The highest BCUT2D eigenvalue weighted by molar-refractivity contribution is 5.94. The van der Waals surface area contributed by atoms with Gasteiger partial charge in [0.1, 0.15) is 0 Å². The van der Waals surface area contributed by atoms with Crippen molar-refractivity contribution in [2.24, 2.45) is 0 Å². The Bertz CT molecular complexity index is 726. The summed E-state index contributed by atoms with van der Waals surface area (Å²) in [4.78, 5) is 12.3. The molecule has 9 heteroatoms. The SMILES string of the molecule is Cl.O=C(NC1CCNCC1)c1cccc(-n2ccc(C(F)(F)F)n2)c1. The fourth-order valence-corrected chi connectivity index (χ4v) is 2.64. The molecular formula is C16H18ClF3N4O. The average molecular weight is 375 g/mol. The van der Waals surface area contributed by atoms with Gasteiger partial charge < -0.3 is 10.6 Å². The second kappa shape index (κ2) is 7.88. The Morgan fingerprint density at radius 1 is 1.24 bits per heavy atom. The summed E-state index contributed by atoms with van der Waals surface area (Å²) in [5.41, 5.74) is -0.161. The van der Waals surface area contributed by atoms with Crippen LogP contribution in [0, 0.1) is 0 Å². The standard InChI is InChI=1S/C16H17F3N4O.ClH/c17-16(18,19)14-6-9-23(22-14)13-3-1-2-11(10-13)15(24)21-12-4-7-20-8-5-12;/h1-3,6,9-10,12,20H,4-5,7-8H2,(H,21,24);1H. The maximum absolute atomic E-state index is 12.6. The normalized spacial score (nSPS) is 15.5. The van der Waals surface area contributed by atoms with Crippen LogP contribution in [0.25, 0.3) is 5.69 Å². The number of alkyl halides is 3. The van der Waals surface area contributed by atoms with E-state index in [-0.39, 0.29) is 24.4 Å². The summed E-state index contributed by atoms with van der Waals surface area (Å²) in [7, 11) is 0. The molecule has 0 spiro atoms. The van der Waals surface area contributed by atoms with Gasteiger partial charge in [0.2, 0.25) is 0 Å². The summed E-state index contributed by atoms with van der Waals surface area (Å²) in [5, 5.41) is 9.69. The van der Waals surface area contributed by atoms with Crippen molar-refractivity contribution < 1.29 is 18.0 Å². The van der Waals surface area contributed by atoms with Gasteiger partial charge in [0, 0.05) is 17.8 Å². The molecule has 136 valence electrons. The van der Waals surface area contributed by atoms with Crippen LogP contribution in [0.3, 0.4) is 0 Å². The van der Waals surface area contributed by atoms with E-state index in [2.05, 4.69) is 15.7 Å². The van der Waals surface area contributed by atoms with Gasteiger partial charge in [0.15, 0.2) is 5.69 Å². The first-order valence-electron chi connectivity index (χ1n) is 7.68. The summed E-state index contributed by atoms with van der Waals surface area (Å²) in [6.07, 6.45) is -1.54. The number of rotatable bonds is 3. The predicted molar refractivity (Wildman–Crippen MR) is 89.2 cm³/mol. The fourth-order valence-electron chi connectivity index (χ4n) is 2.64. The Kier molecular flexibility index (Phi) is 6.07. The van der Waals surface area contributed by atoms with E-state index in [9.17, 15) is 18.0 Å². The molecule has 5 nitrogen and oxygen atoms in total. The zero-order valence-electron chi connectivity index (χ0n) is 13.2. The van der Waals surface area contributed by atoms with E-state index in [4.69, 9.17) is 0 Å². The van der Waals surface area contributed by atoms with E-state index in [0.29, 0.717) is 11.3 Å². The molecule has 0 radical (unpaired) electrons. The second-order valence-electron chi connectivity index (χ2n) is 5.69. The fraction of sp³-hybridized carbons (Fsp3) is 0.375. The van der Waals surface area contributed by atoms with Crippen LogP contribution in [0.4, 0.5) is 13.2 Å². The van der Waals surface area contributed by atoms with Crippen LogP contribution < -0.4 is 10.6 Å². The lowest BCUT2D eigenvalue weighted by atomic mass is 10.1. The first-order valence-corrected chi connectivity index (χ1v) is 7.68. The van der Waals surface area contributed by atoms with Crippen molar-refractivity contribution in [3.8, 4) is 5.69 Å². The van der Waals surface area contributed by atoms with E-state index >= 15 is 0 Å². The van der Waals surface area contributed by atoms with E-state index in [1.807, 2.05) is 0 Å². The topological polar surface area (TPSA) is 59.0 Å². The molecule has 1 saturated heterocycles. The van der Waals surface area contributed by atoms with Crippen LogP contribution in [0.1, 0.15) is 28.9 Å². The van der Waals surface area contributed by atoms with Crippen LogP contribution in [-0.4, -0.2) is 34.8 Å². The number of halogens is 4. The number of piperidine rings is 1. The molecule has 3 rings (SSSR count). The largest absolute Gasteiger partial charge is 0.435 e. The number of benzene rings is 1. The van der Waals surface area contributed by atoms with Crippen molar-refractivity contribution in [2.75, 3.05) is 13.1 Å². The summed E-state index contributed by atoms with van der Waals surface area (Å²) in [6, 6.07) is 7.42. The quantitative estimate of drug-likeness (QED) is 0.868. The van der Waals surface area contributed by atoms with Crippen molar-refractivity contribution in [1.29, 1.82) is 0 Å². The van der Waals surface area contributed by atoms with Gasteiger partial charge in [-0.15, -0.1) is 12.4 Å². The lowest BCUT2D eigenvalue weighted by Crippen LogP contribution is -2.42. The lowest BCUT2D eigenvalue weighted by Gasteiger charge is -2.23. The van der Waals surface area contributed by atoms with Gasteiger partial charge in [-0.25, -0.2) is 4.68 Å². The molecule has 0 unspecified atom stereocenters. The van der Waals surface area contributed by atoms with E-state index in [0.717, 1.165) is 36.7 Å². The molecule has 0 aliphatic carbocycles. The first kappa shape index (κ1) is 19.3. The highest BCUT2D eigenvalue weighted by Crippen LogP contribution is 2.27. The molecule has 1 aromatic carbocycles. The minimum atomic E-state index is -4.49. The van der Waals surface area contributed by atoms with Crippen LogP contribution in [0.5, 0.6) is 0 Å². The average Bonchev–Trinajstić information content (AvgIpc) is 3.06. The molecule has 1 aliphatic heterocycles. The van der Waals surface area contributed by atoms with Crippen molar-refractivity contribution in [1.82, 2.24) is 20.4 Å². The highest BCUT2D eigenvalue weighted by Gasteiger charge is 2.33. The second-order valence-corrected chi connectivity index (χ2v) is 5.69. The molecule has 1 amide bonds. The van der Waals surface area contributed by atoms with Crippen LogP contribution in [0.2, 0.25) is 0 Å². The summed E-state index contributed by atoms with van der Waals surface area (Å²) < 4.78 is 39.0. The zero-order chi connectivity index (χ0) is 17.2. The van der Waals surface area contributed by atoms with Gasteiger partial charge in [0.05, 0.1) is 5.69 Å². The Labute approximate surface area is 149 Å². The number of nitrogens with one attached hydrogen (secondary N) is 2. The molecule has 0 saturated carbocycles. The molecule has 0 bridgehead atoms. The highest BCUT2D eigenvalue weighted by atomic mass is 35.5. The molecule has 1 aliphatic rings. The molecule has 2 heterocycles. The summed E-state index contributed by atoms with van der Waals surface area (Å²) in [5.74, 6) is -0.230. The number of hydrogen-bond acceptors (Lipinski definition) is 3. The zero-order valence-corrected chi connectivity index (χ0v) is 14.0.